The number of carbonyl (C=O) groups excluding carboxylic acids is 1. The summed E-state index contributed by atoms with van der Waals surface area (Å²) in [6.45, 7) is 9.61. The Hall–Kier alpha value is -2.07. The Morgan fingerprint density at radius 1 is 1.11 bits per heavy atom. The van der Waals surface area contributed by atoms with Gasteiger partial charge in [-0.05, 0) is 105 Å². The van der Waals surface area contributed by atoms with Crippen molar-refractivity contribution in [2.75, 3.05) is 39.6 Å². The van der Waals surface area contributed by atoms with E-state index in [0.29, 0.717) is 61.3 Å². The number of carbonyl (C=O) groups is 1. The van der Waals surface area contributed by atoms with E-state index in [1.807, 2.05) is 0 Å². The van der Waals surface area contributed by atoms with Crippen molar-refractivity contribution in [1.29, 1.82) is 0 Å². The monoisotopic (exact) mass is 613 g/mol. The van der Waals surface area contributed by atoms with Crippen molar-refractivity contribution >= 4 is 5.97 Å². The number of nitrogens with zero attached hydrogens (tertiary/aromatic N) is 3. The topological polar surface area (TPSA) is 105 Å². The fourth-order valence-electron chi connectivity index (χ4n) is 9.57. The molecule has 3 saturated carbocycles. The molecular weight excluding hydrogens is 558 g/mol. The molecule has 9 nitrogen and oxygen atoms in total. The van der Waals surface area contributed by atoms with Gasteiger partial charge in [-0.15, -0.1) is 5.10 Å². The van der Waals surface area contributed by atoms with E-state index in [4.69, 9.17) is 24.1 Å². The highest BCUT2D eigenvalue weighted by Crippen LogP contribution is 2.69. The number of aliphatic hydroxyl groups is 1. The molecule has 0 saturated heterocycles. The molecule has 1 aromatic heterocycles. The summed E-state index contributed by atoms with van der Waals surface area (Å²) in [5.41, 5.74) is 1.45. The summed E-state index contributed by atoms with van der Waals surface area (Å²) >= 11 is 0. The van der Waals surface area contributed by atoms with E-state index >= 15 is 0 Å². The molecule has 0 spiro atoms. The molecule has 4 aliphatic carbocycles. The first-order valence-corrected chi connectivity index (χ1v) is 17.2. The molecule has 4 aliphatic rings. The van der Waals surface area contributed by atoms with Crippen molar-refractivity contribution in [2.45, 2.75) is 97.8 Å². The molecule has 8 atom stereocenters. The van der Waals surface area contributed by atoms with Crippen LogP contribution in [0.3, 0.4) is 0 Å². The van der Waals surface area contributed by atoms with Crippen LogP contribution in [0.5, 0.6) is 0 Å². The standard InChI is InChI=1S/C35H55N3O6/c1-4-6-7-27-8-11-32-34(27,3)14-13-31-30-10-9-29(22-26(30)12-15-35(31,32)5-2)44-33(40)25-43-24-28-23-38(37-36-28)16-18-41-20-21-42-19-17-39/h4,6,12,15,23,26-27,29-32,39H,5,7-11,13-14,16-22,24-25H2,1-3H3/b6-4+/t26?,27?,29?,30?,31?,32?,34?,35-/m0/s1. The zero-order valence-electron chi connectivity index (χ0n) is 27.2. The van der Waals surface area contributed by atoms with Gasteiger partial charge in [-0.1, -0.05) is 43.4 Å². The summed E-state index contributed by atoms with van der Waals surface area (Å²) in [7, 11) is 0. The first-order chi connectivity index (χ1) is 21.4. The maximum atomic E-state index is 12.7. The first kappa shape index (κ1) is 33.3. The van der Waals surface area contributed by atoms with E-state index in [1.54, 1.807) is 10.9 Å². The van der Waals surface area contributed by atoms with E-state index in [-0.39, 0.29) is 31.9 Å². The van der Waals surface area contributed by atoms with Crippen LogP contribution in [0.15, 0.2) is 30.5 Å². The summed E-state index contributed by atoms with van der Waals surface area (Å²) < 4.78 is 23.9. The summed E-state index contributed by atoms with van der Waals surface area (Å²) in [5.74, 6) is 3.27. The number of ether oxygens (including phenoxy) is 4. The Kier molecular flexibility index (Phi) is 11.7. The number of hydrogen-bond acceptors (Lipinski definition) is 8. The third-order valence-corrected chi connectivity index (χ3v) is 11.6. The smallest absolute Gasteiger partial charge is 0.332 e. The summed E-state index contributed by atoms with van der Waals surface area (Å²) in [6.07, 6.45) is 22.5. The molecule has 5 rings (SSSR count). The molecule has 0 radical (unpaired) electrons. The second kappa shape index (κ2) is 15.5. The van der Waals surface area contributed by atoms with E-state index in [0.717, 1.165) is 37.0 Å². The third kappa shape index (κ3) is 7.32. The molecule has 0 aromatic carbocycles. The van der Waals surface area contributed by atoms with Crippen LogP contribution in [-0.4, -0.2) is 71.8 Å². The number of rotatable bonds is 16. The third-order valence-electron chi connectivity index (χ3n) is 11.6. The van der Waals surface area contributed by atoms with E-state index in [2.05, 4.69) is 55.4 Å². The van der Waals surface area contributed by atoms with Crippen LogP contribution in [0, 0.1) is 40.4 Å². The van der Waals surface area contributed by atoms with E-state index in [9.17, 15) is 4.79 Å². The van der Waals surface area contributed by atoms with E-state index in [1.165, 1.54) is 38.5 Å². The molecule has 246 valence electrons. The summed E-state index contributed by atoms with van der Waals surface area (Å²) in [5, 5.41) is 16.9. The minimum absolute atomic E-state index is 0.0128. The highest BCUT2D eigenvalue weighted by Gasteiger charge is 2.61. The molecule has 7 unspecified atom stereocenters. The minimum atomic E-state index is -0.299. The molecule has 1 aromatic rings. The predicted molar refractivity (Wildman–Crippen MR) is 167 cm³/mol. The normalized spacial score (nSPS) is 34.5. The fourth-order valence-corrected chi connectivity index (χ4v) is 9.57. The first-order valence-electron chi connectivity index (χ1n) is 17.2. The van der Waals surface area contributed by atoms with Crippen LogP contribution in [0.25, 0.3) is 0 Å². The van der Waals surface area contributed by atoms with Crippen molar-refractivity contribution in [1.82, 2.24) is 15.0 Å². The van der Waals surface area contributed by atoms with Gasteiger partial charge in [0.15, 0.2) is 0 Å². The van der Waals surface area contributed by atoms with Gasteiger partial charge < -0.3 is 24.1 Å². The predicted octanol–water partition coefficient (Wildman–Crippen LogP) is 5.52. The number of fused-ring (bicyclic) bond motifs is 5. The number of aromatic nitrogens is 3. The van der Waals surface area contributed by atoms with Gasteiger partial charge in [-0.2, -0.15) is 0 Å². The molecule has 0 amide bonds. The van der Waals surface area contributed by atoms with Crippen LogP contribution in [0.1, 0.15) is 84.3 Å². The van der Waals surface area contributed by atoms with Crippen LogP contribution in [0.4, 0.5) is 0 Å². The van der Waals surface area contributed by atoms with Crippen molar-refractivity contribution in [3.05, 3.63) is 36.2 Å². The van der Waals surface area contributed by atoms with Gasteiger partial charge in [0.25, 0.3) is 0 Å². The lowest BCUT2D eigenvalue weighted by Gasteiger charge is -2.60. The van der Waals surface area contributed by atoms with Gasteiger partial charge >= 0.3 is 5.97 Å². The van der Waals surface area contributed by atoms with Crippen LogP contribution >= 0.6 is 0 Å². The Bertz CT molecular complexity index is 1120. The molecule has 1 N–H and O–H groups in total. The van der Waals surface area contributed by atoms with Crippen molar-refractivity contribution < 1.29 is 28.8 Å². The maximum Gasteiger partial charge on any atom is 0.332 e. The van der Waals surface area contributed by atoms with Crippen molar-refractivity contribution in [2.24, 2.45) is 40.4 Å². The Morgan fingerprint density at radius 3 is 2.75 bits per heavy atom. The minimum Gasteiger partial charge on any atom is -0.461 e. The second-order valence-electron chi connectivity index (χ2n) is 13.8. The van der Waals surface area contributed by atoms with Gasteiger partial charge in [0.05, 0.1) is 52.4 Å². The number of esters is 1. The number of allylic oxidation sites excluding steroid dienone is 4. The fraction of sp³-hybridized carbons (Fsp3) is 0.800. The van der Waals surface area contributed by atoms with Gasteiger partial charge in [0.2, 0.25) is 0 Å². The zero-order chi connectivity index (χ0) is 31.0. The Balaban J connectivity index is 1.06. The zero-order valence-corrected chi connectivity index (χ0v) is 27.2. The average Bonchev–Trinajstić information content (AvgIpc) is 3.62. The largest absolute Gasteiger partial charge is 0.461 e. The maximum absolute atomic E-state index is 12.7. The quantitative estimate of drug-likeness (QED) is 0.148. The molecule has 44 heavy (non-hydrogen) atoms. The van der Waals surface area contributed by atoms with Crippen LogP contribution < -0.4 is 0 Å². The van der Waals surface area contributed by atoms with Gasteiger partial charge in [-0.25, -0.2) is 9.48 Å². The summed E-state index contributed by atoms with van der Waals surface area (Å²) in [6, 6.07) is 0. The van der Waals surface area contributed by atoms with Gasteiger partial charge in [0, 0.05) is 0 Å². The SMILES string of the molecule is C/C=C/CC1CCC2C1(C)CCC1C3CCC(OC(=O)COCc4cn(CCOCCOCCO)nn4)CC3C=C[C@@]12CC. The number of aliphatic hydroxyl groups excluding tert-OH is 1. The van der Waals surface area contributed by atoms with Gasteiger partial charge in [-0.3, -0.25) is 0 Å². The molecule has 0 bridgehead atoms. The lowest BCUT2D eigenvalue weighted by molar-refractivity contribution is -0.159. The molecule has 3 fully saturated rings. The average molecular weight is 614 g/mol. The molecule has 1 heterocycles. The highest BCUT2D eigenvalue weighted by molar-refractivity contribution is 5.70. The van der Waals surface area contributed by atoms with E-state index < -0.39 is 0 Å². The molecule has 9 heteroatoms. The molecule has 0 aliphatic heterocycles. The highest BCUT2D eigenvalue weighted by atomic mass is 16.6. The summed E-state index contributed by atoms with van der Waals surface area (Å²) in [4.78, 5) is 12.7. The number of hydrogen-bond donors (Lipinski definition) is 1. The second-order valence-corrected chi connectivity index (χ2v) is 13.8. The van der Waals surface area contributed by atoms with Crippen molar-refractivity contribution in [3.63, 3.8) is 0 Å². The van der Waals surface area contributed by atoms with Crippen LogP contribution in [0.2, 0.25) is 0 Å². The molecular formula is C35H55N3O6. The Labute approximate surface area is 263 Å². The van der Waals surface area contributed by atoms with Gasteiger partial charge in [0.1, 0.15) is 18.4 Å². The Morgan fingerprint density at radius 2 is 1.95 bits per heavy atom. The lowest BCUT2D eigenvalue weighted by Crippen LogP contribution is -2.54. The lowest BCUT2D eigenvalue weighted by atomic mass is 9.44. The van der Waals surface area contributed by atoms with Crippen LogP contribution in [-0.2, 0) is 36.9 Å². The van der Waals surface area contributed by atoms with Crippen molar-refractivity contribution in [3.8, 4) is 0 Å².